The number of hydrogen-bond acceptors (Lipinski definition) is 0. The highest BCUT2D eigenvalue weighted by atomic mass is 14.2. The summed E-state index contributed by atoms with van der Waals surface area (Å²) < 4.78 is 0. The number of rotatable bonds is 7. The summed E-state index contributed by atoms with van der Waals surface area (Å²) in [6.07, 6.45) is 10.6. The summed E-state index contributed by atoms with van der Waals surface area (Å²) in [5, 5.41) is 15.5. The molecule has 0 N–H and O–H groups in total. The van der Waals surface area contributed by atoms with Crippen molar-refractivity contribution < 1.29 is 0 Å². The molecule has 0 unspecified atom stereocenters. The monoisotopic (exact) mass is 700 g/mol. The van der Waals surface area contributed by atoms with E-state index in [9.17, 15) is 0 Å². The van der Waals surface area contributed by atoms with Crippen LogP contribution in [0.5, 0.6) is 0 Å². The van der Waals surface area contributed by atoms with Crippen LogP contribution in [0.25, 0.3) is 98.0 Å². The predicted molar refractivity (Wildman–Crippen MR) is 240 cm³/mol. The molecule has 0 saturated heterocycles. The SMILES string of the molecule is CC=CC=CCCc1cccc2c1c(-c1ccccc1)cc1c3ccccc3c3cc4c(-c5ccccc5)c5ccccc5c(-c5ccccc5)c4cc3c21. The molecule has 0 fully saturated rings. The van der Waals surface area contributed by atoms with E-state index in [-0.39, 0.29) is 0 Å². The Bertz CT molecular complexity index is 3110. The summed E-state index contributed by atoms with van der Waals surface area (Å²) in [6.45, 7) is 2.07. The molecule has 0 amide bonds. The third-order valence-corrected chi connectivity index (χ3v) is 11.4. The summed E-state index contributed by atoms with van der Waals surface area (Å²) in [4.78, 5) is 0. The number of fused-ring (bicyclic) bond motifs is 10. The predicted octanol–water partition coefficient (Wildman–Crippen LogP) is 15.7. The standard InChI is InChI=1S/C55H40/c1-2-3-4-5-9-23-40-28-20-33-45-54(40)46(37-21-10-6-11-22-37)34-48-42-30-17-16-29-41(42)47-35-50-51(36-49(47)55(45)48)53(39-26-14-8-15-27-39)44-32-19-18-31-43(44)52(50)38-24-12-7-13-25-38/h2-8,10-22,24-36H,9,23H2,1H3. The minimum atomic E-state index is 0.968. The Morgan fingerprint density at radius 3 is 1.45 bits per heavy atom. The van der Waals surface area contributed by atoms with Crippen LogP contribution in [0.3, 0.4) is 0 Å². The van der Waals surface area contributed by atoms with Gasteiger partial charge < -0.3 is 0 Å². The second kappa shape index (κ2) is 13.9. The van der Waals surface area contributed by atoms with Crippen LogP contribution in [0.4, 0.5) is 0 Å². The van der Waals surface area contributed by atoms with Crippen molar-refractivity contribution in [2.24, 2.45) is 0 Å². The van der Waals surface area contributed by atoms with E-state index >= 15 is 0 Å². The lowest BCUT2D eigenvalue weighted by Gasteiger charge is -2.21. The minimum Gasteiger partial charge on any atom is -0.0877 e. The van der Waals surface area contributed by atoms with Crippen LogP contribution in [-0.4, -0.2) is 0 Å². The molecule has 0 atom stereocenters. The van der Waals surface area contributed by atoms with E-state index in [1.165, 1.54) is 104 Å². The van der Waals surface area contributed by atoms with Crippen LogP contribution in [0.1, 0.15) is 18.9 Å². The molecule has 0 bridgehead atoms. The molecule has 0 nitrogen and oxygen atoms in total. The molecule has 0 heteroatoms. The molecule has 0 aliphatic heterocycles. The van der Waals surface area contributed by atoms with Crippen LogP contribution in [-0.2, 0) is 6.42 Å². The topological polar surface area (TPSA) is 0 Å². The number of benzene rings is 10. The van der Waals surface area contributed by atoms with Crippen molar-refractivity contribution in [2.45, 2.75) is 19.8 Å². The zero-order valence-corrected chi connectivity index (χ0v) is 31.0. The number of allylic oxidation sites excluding steroid dienone is 4. The first-order chi connectivity index (χ1) is 27.3. The Morgan fingerprint density at radius 2 is 0.855 bits per heavy atom. The van der Waals surface area contributed by atoms with E-state index < -0.39 is 0 Å². The normalized spacial score (nSPS) is 12.1. The summed E-state index contributed by atoms with van der Waals surface area (Å²) in [7, 11) is 0. The Kier molecular flexibility index (Phi) is 8.30. The largest absolute Gasteiger partial charge is 0.0877 e. The summed E-state index contributed by atoms with van der Waals surface area (Å²) in [5.74, 6) is 0. The third-order valence-electron chi connectivity index (χ3n) is 11.4. The van der Waals surface area contributed by atoms with Gasteiger partial charge in [-0.3, -0.25) is 0 Å². The number of aryl methyl sites for hydroxylation is 1. The Labute approximate surface area is 322 Å². The third kappa shape index (κ3) is 5.53. The molecule has 55 heavy (non-hydrogen) atoms. The molecular formula is C55H40. The van der Waals surface area contributed by atoms with Crippen molar-refractivity contribution in [3.63, 3.8) is 0 Å². The maximum Gasteiger partial charge on any atom is -0.00196 e. The van der Waals surface area contributed by atoms with Crippen LogP contribution in [0.2, 0.25) is 0 Å². The fourth-order valence-electron chi connectivity index (χ4n) is 9.08. The molecule has 0 spiro atoms. The van der Waals surface area contributed by atoms with Crippen molar-refractivity contribution in [3.05, 3.63) is 206 Å². The lowest BCUT2D eigenvalue weighted by Crippen LogP contribution is -1.95. The van der Waals surface area contributed by atoms with Crippen molar-refractivity contribution in [2.75, 3.05) is 0 Å². The number of hydrogen-bond donors (Lipinski definition) is 0. The van der Waals surface area contributed by atoms with Crippen LogP contribution >= 0.6 is 0 Å². The molecule has 0 aliphatic rings. The van der Waals surface area contributed by atoms with Gasteiger partial charge in [-0.2, -0.15) is 0 Å². The van der Waals surface area contributed by atoms with Gasteiger partial charge in [0.15, 0.2) is 0 Å². The lowest BCUT2D eigenvalue weighted by atomic mass is 9.82. The molecule has 0 aromatic heterocycles. The van der Waals surface area contributed by atoms with E-state index in [1.807, 2.05) is 0 Å². The highest BCUT2D eigenvalue weighted by molar-refractivity contribution is 6.36. The lowest BCUT2D eigenvalue weighted by molar-refractivity contribution is 1.01. The van der Waals surface area contributed by atoms with Gasteiger partial charge in [-0.15, -0.1) is 0 Å². The van der Waals surface area contributed by atoms with Gasteiger partial charge in [-0.05, 0) is 142 Å². The van der Waals surface area contributed by atoms with Gasteiger partial charge in [-0.25, -0.2) is 0 Å². The van der Waals surface area contributed by atoms with Crippen LogP contribution < -0.4 is 0 Å². The summed E-state index contributed by atoms with van der Waals surface area (Å²) in [6, 6.07) is 65.5. The molecular weight excluding hydrogens is 661 g/mol. The average Bonchev–Trinajstić information content (AvgIpc) is 3.25. The van der Waals surface area contributed by atoms with E-state index in [0.717, 1.165) is 12.8 Å². The Morgan fingerprint density at radius 1 is 0.364 bits per heavy atom. The van der Waals surface area contributed by atoms with Gasteiger partial charge in [0.05, 0.1) is 0 Å². The van der Waals surface area contributed by atoms with Crippen molar-refractivity contribution in [3.8, 4) is 33.4 Å². The zero-order chi connectivity index (χ0) is 36.7. The molecule has 10 aromatic carbocycles. The second-order valence-corrected chi connectivity index (χ2v) is 14.6. The quantitative estimate of drug-likeness (QED) is 0.0882. The first-order valence-electron chi connectivity index (χ1n) is 19.5. The van der Waals surface area contributed by atoms with Gasteiger partial charge in [-0.1, -0.05) is 182 Å². The van der Waals surface area contributed by atoms with E-state index in [2.05, 4.69) is 207 Å². The second-order valence-electron chi connectivity index (χ2n) is 14.6. The first-order valence-corrected chi connectivity index (χ1v) is 19.5. The fourth-order valence-corrected chi connectivity index (χ4v) is 9.08. The summed E-state index contributed by atoms with van der Waals surface area (Å²) in [5.41, 5.74) is 8.97. The van der Waals surface area contributed by atoms with E-state index in [0.29, 0.717) is 0 Å². The summed E-state index contributed by atoms with van der Waals surface area (Å²) >= 11 is 0. The van der Waals surface area contributed by atoms with Crippen LogP contribution in [0.15, 0.2) is 200 Å². The highest BCUT2D eigenvalue weighted by Gasteiger charge is 2.21. The Hall–Kier alpha value is -6.76. The maximum atomic E-state index is 2.54. The van der Waals surface area contributed by atoms with Gasteiger partial charge in [0.25, 0.3) is 0 Å². The average molecular weight is 701 g/mol. The van der Waals surface area contributed by atoms with Gasteiger partial charge in [0.2, 0.25) is 0 Å². The van der Waals surface area contributed by atoms with Gasteiger partial charge in [0, 0.05) is 0 Å². The molecule has 0 saturated carbocycles. The maximum absolute atomic E-state index is 2.54. The molecule has 0 aliphatic carbocycles. The Balaban J connectivity index is 1.42. The van der Waals surface area contributed by atoms with Gasteiger partial charge >= 0.3 is 0 Å². The fraction of sp³-hybridized carbons (Fsp3) is 0.0545. The molecule has 0 heterocycles. The van der Waals surface area contributed by atoms with E-state index in [4.69, 9.17) is 0 Å². The molecule has 260 valence electrons. The van der Waals surface area contributed by atoms with Crippen molar-refractivity contribution in [1.82, 2.24) is 0 Å². The van der Waals surface area contributed by atoms with Crippen molar-refractivity contribution in [1.29, 1.82) is 0 Å². The zero-order valence-electron chi connectivity index (χ0n) is 31.0. The first kappa shape index (κ1) is 32.9. The smallest absolute Gasteiger partial charge is 0.00196 e. The van der Waals surface area contributed by atoms with Crippen molar-refractivity contribution >= 4 is 64.6 Å². The van der Waals surface area contributed by atoms with Crippen LogP contribution in [0, 0.1) is 0 Å². The van der Waals surface area contributed by atoms with Gasteiger partial charge in [0.1, 0.15) is 0 Å². The molecule has 10 aromatic rings. The molecule has 10 rings (SSSR count). The van der Waals surface area contributed by atoms with E-state index in [1.54, 1.807) is 0 Å². The molecule has 0 radical (unpaired) electrons. The highest BCUT2D eigenvalue weighted by Crippen LogP contribution is 2.49. The minimum absolute atomic E-state index is 0.968.